The number of morpholine rings is 1. The summed E-state index contributed by atoms with van der Waals surface area (Å²) in [6.07, 6.45) is 0. The van der Waals surface area contributed by atoms with Gasteiger partial charge >= 0.3 is 0 Å². The zero-order valence-electron chi connectivity index (χ0n) is 17.0. The number of rotatable bonds is 8. The quantitative estimate of drug-likeness (QED) is 0.542. The van der Waals surface area contributed by atoms with Gasteiger partial charge in [-0.2, -0.15) is 0 Å². The van der Waals surface area contributed by atoms with Crippen molar-refractivity contribution in [1.29, 1.82) is 0 Å². The first-order valence-corrected chi connectivity index (χ1v) is 11.2. The molecule has 0 aliphatic carbocycles. The molecule has 4 rings (SSSR count). The van der Waals surface area contributed by atoms with Crippen LogP contribution in [0.25, 0.3) is 17.1 Å². The number of carbonyl (C=O) groups excluding carboxylic acids is 1. The third-order valence-corrected chi connectivity index (χ3v) is 5.87. The van der Waals surface area contributed by atoms with Gasteiger partial charge in [0.2, 0.25) is 5.91 Å². The molecule has 3 aromatic rings. The molecule has 1 N–H and O–H groups in total. The average molecular weight is 442 g/mol. The highest BCUT2D eigenvalue weighted by Gasteiger charge is 2.17. The van der Waals surface area contributed by atoms with Gasteiger partial charge in [-0.1, -0.05) is 30.0 Å². The zero-order valence-corrected chi connectivity index (χ0v) is 17.9. The Balaban J connectivity index is 1.43. The number of aromatic nitrogens is 3. The topological polar surface area (TPSA) is 72.3 Å². The van der Waals surface area contributed by atoms with Crippen LogP contribution < -0.4 is 5.32 Å². The first kappa shape index (κ1) is 21.5. The van der Waals surface area contributed by atoms with Crippen molar-refractivity contribution in [2.24, 2.45) is 0 Å². The maximum atomic E-state index is 13.4. The SMILES string of the molecule is O=C(CSc1nnc(-c2ccc(F)cc2)n1-c1ccccc1)NCCN1CCOCC1. The molecule has 9 heteroatoms. The van der Waals surface area contributed by atoms with Crippen molar-refractivity contribution in [3.63, 3.8) is 0 Å². The number of nitrogens with one attached hydrogen (secondary N) is 1. The lowest BCUT2D eigenvalue weighted by atomic mass is 10.2. The summed E-state index contributed by atoms with van der Waals surface area (Å²) in [6, 6.07) is 15.8. The zero-order chi connectivity index (χ0) is 21.5. The van der Waals surface area contributed by atoms with Crippen LogP contribution in [0.15, 0.2) is 59.8 Å². The molecular formula is C22H24FN5O2S. The minimum Gasteiger partial charge on any atom is -0.379 e. The molecule has 0 saturated carbocycles. The number of hydrogen-bond donors (Lipinski definition) is 1. The summed E-state index contributed by atoms with van der Waals surface area (Å²) in [5, 5.41) is 12.2. The van der Waals surface area contributed by atoms with E-state index in [1.165, 1.54) is 23.9 Å². The molecule has 1 amide bonds. The number of amides is 1. The Morgan fingerprint density at radius 3 is 2.55 bits per heavy atom. The number of hydrogen-bond acceptors (Lipinski definition) is 6. The number of nitrogens with zero attached hydrogens (tertiary/aromatic N) is 4. The number of para-hydroxylation sites is 1. The Labute approximate surface area is 184 Å². The molecule has 1 aliphatic heterocycles. The van der Waals surface area contributed by atoms with Gasteiger partial charge in [0.15, 0.2) is 11.0 Å². The van der Waals surface area contributed by atoms with Crippen molar-refractivity contribution in [2.45, 2.75) is 5.16 Å². The van der Waals surface area contributed by atoms with Crippen molar-refractivity contribution in [3.05, 3.63) is 60.4 Å². The second-order valence-electron chi connectivity index (χ2n) is 7.08. The second kappa shape index (κ2) is 10.5. The van der Waals surface area contributed by atoms with Crippen LogP contribution in [0.5, 0.6) is 0 Å². The van der Waals surface area contributed by atoms with Crippen molar-refractivity contribution in [1.82, 2.24) is 25.0 Å². The normalized spacial score (nSPS) is 14.5. The lowest BCUT2D eigenvalue weighted by Gasteiger charge is -2.26. The maximum Gasteiger partial charge on any atom is 0.230 e. The molecule has 0 spiro atoms. The summed E-state index contributed by atoms with van der Waals surface area (Å²) >= 11 is 1.32. The third-order valence-electron chi connectivity index (χ3n) is 4.94. The summed E-state index contributed by atoms with van der Waals surface area (Å²) < 4.78 is 20.6. The fourth-order valence-corrected chi connectivity index (χ4v) is 4.10. The average Bonchev–Trinajstić information content (AvgIpc) is 3.23. The summed E-state index contributed by atoms with van der Waals surface area (Å²) in [6.45, 7) is 4.71. The Morgan fingerprint density at radius 1 is 1.06 bits per heavy atom. The lowest BCUT2D eigenvalue weighted by Crippen LogP contribution is -2.41. The van der Waals surface area contributed by atoms with Crippen LogP contribution in [-0.2, 0) is 9.53 Å². The van der Waals surface area contributed by atoms with E-state index in [2.05, 4.69) is 20.4 Å². The number of ether oxygens (including phenoxy) is 1. The van der Waals surface area contributed by atoms with Crippen LogP contribution in [0, 0.1) is 5.82 Å². The van der Waals surface area contributed by atoms with Crippen molar-refractivity contribution >= 4 is 17.7 Å². The van der Waals surface area contributed by atoms with E-state index in [1.807, 2.05) is 34.9 Å². The van der Waals surface area contributed by atoms with Crippen LogP contribution in [0.3, 0.4) is 0 Å². The molecule has 2 heterocycles. The summed E-state index contributed by atoms with van der Waals surface area (Å²) in [5.74, 6) is 0.473. The highest BCUT2D eigenvalue weighted by Crippen LogP contribution is 2.28. The predicted molar refractivity (Wildman–Crippen MR) is 118 cm³/mol. The van der Waals surface area contributed by atoms with Crippen LogP contribution in [0.4, 0.5) is 4.39 Å². The fraction of sp³-hybridized carbons (Fsp3) is 0.318. The largest absolute Gasteiger partial charge is 0.379 e. The van der Waals surface area contributed by atoms with Gasteiger partial charge in [-0.3, -0.25) is 14.3 Å². The van der Waals surface area contributed by atoms with Gasteiger partial charge in [0, 0.05) is 37.4 Å². The lowest BCUT2D eigenvalue weighted by molar-refractivity contribution is -0.118. The highest BCUT2D eigenvalue weighted by atomic mass is 32.2. The van der Waals surface area contributed by atoms with E-state index in [0.29, 0.717) is 17.5 Å². The Bertz CT molecular complexity index is 991. The van der Waals surface area contributed by atoms with Crippen molar-refractivity contribution in [3.8, 4) is 17.1 Å². The van der Waals surface area contributed by atoms with Gasteiger partial charge in [0.05, 0.1) is 19.0 Å². The monoisotopic (exact) mass is 441 g/mol. The van der Waals surface area contributed by atoms with E-state index >= 15 is 0 Å². The molecule has 0 atom stereocenters. The van der Waals surface area contributed by atoms with E-state index in [1.54, 1.807) is 12.1 Å². The number of halogens is 1. The fourth-order valence-electron chi connectivity index (χ4n) is 3.32. The molecule has 162 valence electrons. The molecule has 1 aromatic heterocycles. The van der Waals surface area contributed by atoms with Gasteiger partial charge in [-0.15, -0.1) is 10.2 Å². The summed E-state index contributed by atoms with van der Waals surface area (Å²) in [7, 11) is 0. The summed E-state index contributed by atoms with van der Waals surface area (Å²) in [5.41, 5.74) is 1.63. The standard InChI is InChI=1S/C22H24FN5O2S/c23-18-8-6-17(7-9-18)21-25-26-22(28(21)19-4-2-1-3-5-19)31-16-20(29)24-10-11-27-12-14-30-15-13-27/h1-9H,10-16H2,(H,24,29). The molecule has 1 aliphatic rings. The van der Waals surface area contributed by atoms with E-state index < -0.39 is 0 Å². The van der Waals surface area contributed by atoms with Gasteiger partial charge < -0.3 is 10.1 Å². The van der Waals surface area contributed by atoms with Crippen LogP contribution in [0.1, 0.15) is 0 Å². The molecule has 1 saturated heterocycles. The van der Waals surface area contributed by atoms with Crippen LogP contribution in [0.2, 0.25) is 0 Å². The molecule has 2 aromatic carbocycles. The maximum absolute atomic E-state index is 13.4. The van der Waals surface area contributed by atoms with Crippen molar-refractivity contribution in [2.75, 3.05) is 45.1 Å². The first-order chi connectivity index (χ1) is 15.2. The van der Waals surface area contributed by atoms with Gasteiger partial charge in [0.1, 0.15) is 5.82 Å². The Kier molecular flexibility index (Phi) is 7.29. The minimum absolute atomic E-state index is 0.0517. The summed E-state index contributed by atoms with van der Waals surface area (Å²) in [4.78, 5) is 14.6. The molecule has 1 fully saturated rings. The van der Waals surface area contributed by atoms with Gasteiger partial charge in [-0.05, 0) is 36.4 Å². The smallest absolute Gasteiger partial charge is 0.230 e. The van der Waals surface area contributed by atoms with E-state index in [-0.39, 0.29) is 17.5 Å². The van der Waals surface area contributed by atoms with Crippen molar-refractivity contribution < 1.29 is 13.9 Å². The highest BCUT2D eigenvalue weighted by molar-refractivity contribution is 7.99. The van der Waals surface area contributed by atoms with E-state index in [0.717, 1.165) is 44.1 Å². The number of benzene rings is 2. The van der Waals surface area contributed by atoms with Crippen LogP contribution >= 0.6 is 11.8 Å². The number of thioether (sulfide) groups is 1. The molecule has 31 heavy (non-hydrogen) atoms. The van der Waals surface area contributed by atoms with E-state index in [4.69, 9.17) is 4.74 Å². The molecule has 0 bridgehead atoms. The minimum atomic E-state index is -0.308. The van der Waals surface area contributed by atoms with Gasteiger partial charge in [0.25, 0.3) is 0 Å². The number of carbonyl (C=O) groups is 1. The predicted octanol–water partition coefficient (Wildman–Crippen LogP) is 2.61. The van der Waals surface area contributed by atoms with Gasteiger partial charge in [-0.25, -0.2) is 4.39 Å². The first-order valence-electron chi connectivity index (χ1n) is 10.2. The molecular weight excluding hydrogens is 417 g/mol. The second-order valence-corrected chi connectivity index (χ2v) is 8.02. The Hall–Kier alpha value is -2.75. The molecule has 0 radical (unpaired) electrons. The molecule has 7 nitrogen and oxygen atoms in total. The van der Waals surface area contributed by atoms with E-state index in [9.17, 15) is 9.18 Å². The third kappa shape index (κ3) is 5.69. The molecule has 0 unspecified atom stereocenters. The Morgan fingerprint density at radius 2 is 1.81 bits per heavy atom. The van der Waals surface area contributed by atoms with Crippen LogP contribution in [-0.4, -0.2) is 70.7 Å².